The molecule has 0 unspecified atom stereocenters. The Morgan fingerprint density at radius 2 is 2.00 bits per heavy atom. The van der Waals surface area contributed by atoms with Crippen molar-refractivity contribution in [2.24, 2.45) is 11.8 Å². The van der Waals surface area contributed by atoms with E-state index in [9.17, 15) is 14.7 Å². The predicted octanol–water partition coefficient (Wildman–Crippen LogP) is 5.47. The third kappa shape index (κ3) is 5.36. The molecule has 0 saturated heterocycles. The maximum Gasteiger partial charge on any atom is 0.304 e. The number of rotatable bonds is 8. The summed E-state index contributed by atoms with van der Waals surface area (Å²) in [5.74, 6) is -0.239. The van der Waals surface area contributed by atoms with Crippen LogP contribution in [0.15, 0.2) is 36.5 Å². The molecule has 1 aliphatic carbocycles. The molecule has 5 rings (SSSR count). The number of carboxylic acids is 1. The number of likely N-dealkylation sites (N-methyl/N-ethyl adjacent to an activating group) is 1. The maximum atomic E-state index is 15.4. The molecule has 0 spiro atoms. The van der Waals surface area contributed by atoms with Crippen molar-refractivity contribution in [2.45, 2.75) is 38.5 Å². The van der Waals surface area contributed by atoms with Crippen LogP contribution in [0.3, 0.4) is 0 Å². The van der Waals surface area contributed by atoms with E-state index in [2.05, 4.69) is 9.97 Å². The van der Waals surface area contributed by atoms with E-state index in [1.54, 1.807) is 19.3 Å². The normalized spacial score (nSPS) is 16.1. The van der Waals surface area contributed by atoms with Crippen LogP contribution < -0.4 is 14.5 Å². The fourth-order valence-corrected chi connectivity index (χ4v) is 6.19. The van der Waals surface area contributed by atoms with Crippen molar-refractivity contribution < 1.29 is 23.8 Å². The number of ether oxygens (including phenoxy) is 1. The number of aliphatic carboxylic acids is 1. The minimum Gasteiger partial charge on any atom is -0.488 e. The number of fused-ring (bicyclic) bond motifs is 1. The summed E-state index contributed by atoms with van der Waals surface area (Å²) >= 11 is 0.785. The highest BCUT2D eigenvalue weighted by Gasteiger charge is 2.31. The first kappa shape index (κ1) is 26.1. The van der Waals surface area contributed by atoms with E-state index in [1.807, 2.05) is 36.2 Å². The van der Waals surface area contributed by atoms with E-state index in [4.69, 9.17) is 4.74 Å². The summed E-state index contributed by atoms with van der Waals surface area (Å²) in [6, 6.07) is 9.25. The first-order chi connectivity index (χ1) is 18.3. The standard InChI is InChI=1S/C28H31FN4O4S/c1-32-11-12-37-22-14-19(16-30-26(22)32)20-9-5-6-10-21(20)24-25(29)38-28(31-24)33(2)27(36)18(15-23(34)35)13-17-7-3-4-8-17/h5-6,9-10,14,16-18H,3-4,7-8,11-13,15H2,1-2H3,(H,34,35)/t18-/m1/s1. The number of benzene rings is 1. The lowest BCUT2D eigenvalue weighted by Crippen LogP contribution is -2.35. The van der Waals surface area contributed by atoms with Gasteiger partial charge in [0, 0.05) is 37.3 Å². The number of carbonyl (C=O) groups is 2. The smallest absolute Gasteiger partial charge is 0.304 e. The Kier molecular flexibility index (Phi) is 7.60. The second-order valence-electron chi connectivity index (χ2n) is 10.1. The predicted molar refractivity (Wildman–Crippen MR) is 145 cm³/mol. The van der Waals surface area contributed by atoms with Gasteiger partial charge in [0.05, 0.1) is 13.0 Å². The minimum absolute atomic E-state index is 0.140. The van der Waals surface area contributed by atoms with Crippen molar-refractivity contribution in [1.82, 2.24) is 9.97 Å². The van der Waals surface area contributed by atoms with Gasteiger partial charge in [0.15, 0.2) is 16.7 Å². The Labute approximate surface area is 225 Å². The summed E-state index contributed by atoms with van der Waals surface area (Å²) in [6.45, 7) is 1.31. The number of hydrogen-bond donors (Lipinski definition) is 1. The lowest BCUT2D eigenvalue weighted by molar-refractivity contribution is -0.140. The second kappa shape index (κ2) is 11.1. The highest BCUT2D eigenvalue weighted by molar-refractivity contribution is 7.14. The SMILES string of the molecule is CN1CCOc2cc(-c3ccccc3-c3nc(N(C)C(=O)[C@@H](CC(=O)O)CC4CCCC4)sc3F)cnc21. The Hall–Kier alpha value is -3.53. The van der Waals surface area contributed by atoms with Crippen LogP contribution in [0.5, 0.6) is 5.75 Å². The van der Waals surface area contributed by atoms with Crippen LogP contribution >= 0.6 is 11.3 Å². The molecule has 2 aliphatic rings. The van der Waals surface area contributed by atoms with E-state index in [1.165, 1.54) is 4.90 Å². The van der Waals surface area contributed by atoms with E-state index >= 15 is 4.39 Å². The molecule has 38 heavy (non-hydrogen) atoms. The van der Waals surface area contributed by atoms with E-state index < -0.39 is 17.0 Å². The molecule has 0 bridgehead atoms. The van der Waals surface area contributed by atoms with Gasteiger partial charge < -0.3 is 14.7 Å². The van der Waals surface area contributed by atoms with Crippen LogP contribution in [-0.2, 0) is 9.59 Å². The quantitative estimate of drug-likeness (QED) is 0.406. The monoisotopic (exact) mass is 538 g/mol. The molecule has 1 fully saturated rings. The fraction of sp³-hybridized carbons (Fsp3) is 0.429. The van der Waals surface area contributed by atoms with Gasteiger partial charge >= 0.3 is 5.97 Å². The number of carbonyl (C=O) groups excluding carboxylic acids is 1. The average Bonchev–Trinajstić information content (AvgIpc) is 3.56. The van der Waals surface area contributed by atoms with Crippen molar-refractivity contribution >= 4 is 34.2 Å². The van der Waals surface area contributed by atoms with Gasteiger partial charge in [-0.05, 0) is 24.0 Å². The lowest BCUT2D eigenvalue weighted by Gasteiger charge is -2.26. The molecule has 8 nitrogen and oxygen atoms in total. The van der Waals surface area contributed by atoms with E-state index in [0.29, 0.717) is 30.3 Å². The lowest BCUT2D eigenvalue weighted by atomic mass is 9.90. The van der Waals surface area contributed by atoms with Crippen molar-refractivity contribution in [3.8, 4) is 28.1 Å². The van der Waals surface area contributed by atoms with Gasteiger partial charge in [-0.1, -0.05) is 61.3 Å². The zero-order chi connectivity index (χ0) is 26.8. The highest BCUT2D eigenvalue weighted by atomic mass is 32.1. The summed E-state index contributed by atoms with van der Waals surface area (Å²) in [6.07, 6.45) is 6.27. The minimum atomic E-state index is -1.01. The molecule has 0 radical (unpaired) electrons. The third-order valence-corrected chi connectivity index (χ3v) is 8.35. The van der Waals surface area contributed by atoms with Gasteiger partial charge in [-0.15, -0.1) is 0 Å². The molecule has 2 aromatic heterocycles. The van der Waals surface area contributed by atoms with Crippen molar-refractivity contribution in [1.29, 1.82) is 0 Å². The Morgan fingerprint density at radius 1 is 1.26 bits per heavy atom. The van der Waals surface area contributed by atoms with Crippen LogP contribution in [0, 0.1) is 17.0 Å². The molecular weight excluding hydrogens is 507 g/mol. The molecule has 3 aromatic rings. The van der Waals surface area contributed by atoms with E-state index in [0.717, 1.165) is 60.5 Å². The average molecular weight is 539 g/mol. The number of hydrogen-bond acceptors (Lipinski definition) is 7. The molecule has 1 aromatic carbocycles. The molecular formula is C28H31FN4O4S. The first-order valence-corrected chi connectivity index (χ1v) is 13.7. The summed E-state index contributed by atoms with van der Waals surface area (Å²) in [5.41, 5.74) is 2.23. The number of carboxylic acid groups (broad SMARTS) is 1. The highest BCUT2D eigenvalue weighted by Crippen LogP contribution is 2.40. The van der Waals surface area contributed by atoms with Gasteiger partial charge in [-0.25, -0.2) is 9.97 Å². The summed E-state index contributed by atoms with van der Waals surface area (Å²) in [4.78, 5) is 37.3. The van der Waals surface area contributed by atoms with E-state index in [-0.39, 0.29) is 23.2 Å². The van der Waals surface area contributed by atoms with Crippen molar-refractivity contribution in [3.63, 3.8) is 0 Å². The molecule has 1 amide bonds. The number of amides is 1. The fourth-order valence-electron chi connectivity index (χ4n) is 5.42. The summed E-state index contributed by atoms with van der Waals surface area (Å²) in [5, 5.41) is 9.11. The zero-order valence-electron chi connectivity index (χ0n) is 21.5. The largest absolute Gasteiger partial charge is 0.488 e. The molecule has 1 N–H and O–H groups in total. The van der Waals surface area contributed by atoms with Gasteiger partial charge in [-0.2, -0.15) is 4.39 Å². The topological polar surface area (TPSA) is 95.9 Å². The second-order valence-corrected chi connectivity index (χ2v) is 11.0. The van der Waals surface area contributed by atoms with Gasteiger partial charge in [0.2, 0.25) is 11.0 Å². The Morgan fingerprint density at radius 3 is 2.74 bits per heavy atom. The van der Waals surface area contributed by atoms with Crippen LogP contribution in [0.2, 0.25) is 0 Å². The number of pyridine rings is 1. The number of aromatic nitrogens is 2. The van der Waals surface area contributed by atoms with Crippen LogP contribution in [0.4, 0.5) is 15.3 Å². The molecule has 10 heteroatoms. The number of halogens is 1. The number of nitrogens with zero attached hydrogens (tertiary/aromatic N) is 4. The summed E-state index contributed by atoms with van der Waals surface area (Å²) in [7, 11) is 3.50. The van der Waals surface area contributed by atoms with Crippen LogP contribution in [0.1, 0.15) is 38.5 Å². The maximum absolute atomic E-state index is 15.4. The van der Waals surface area contributed by atoms with Gasteiger partial charge in [0.1, 0.15) is 12.3 Å². The van der Waals surface area contributed by atoms with Gasteiger partial charge in [-0.3, -0.25) is 14.5 Å². The van der Waals surface area contributed by atoms with Crippen LogP contribution in [-0.4, -0.2) is 54.2 Å². The first-order valence-electron chi connectivity index (χ1n) is 12.9. The van der Waals surface area contributed by atoms with Crippen LogP contribution in [0.25, 0.3) is 22.4 Å². The Bertz CT molecular complexity index is 1340. The molecule has 1 saturated carbocycles. The number of thiazole rings is 1. The zero-order valence-corrected chi connectivity index (χ0v) is 22.3. The summed E-state index contributed by atoms with van der Waals surface area (Å²) < 4.78 is 21.2. The molecule has 200 valence electrons. The Balaban J connectivity index is 1.43. The molecule has 1 aliphatic heterocycles. The van der Waals surface area contributed by atoms with Crippen molar-refractivity contribution in [2.75, 3.05) is 37.0 Å². The number of anilines is 2. The van der Waals surface area contributed by atoms with Crippen molar-refractivity contribution in [3.05, 3.63) is 41.7 Å². The van der Waals surface area contributed by atoms with Gasteiger partial charge in [0.25, 0.3) is 0 Å². The third-order valence-electron chi connectivity index (χ3n) is 7.43. The molecule has 3 heterocycles. The molecule has 1 atom stereocenters.